The highest BCUT2D eigenvalue weighted by atomic mass is 35.5. The number of thiophene rings is 1. The molecule has 0 unspecified atom stereocenters. The van der Waals surface area contributed by atoms with E-state index >= 15 is 0 Å². The number of hydrogen-bond acceptors (Lipinski definition) is 6. The molecule has 0 radical (unpaired) electrons. The van der Waals surface area contributed by atoms with E-state index in [-0.39, 0.29) is 12.4 Å². The number of pyridine rings is 1. The number of unbranched alkanes of at least 4 members (excludes halogenated alkanes) is 3. The predicted molar refractivity (Wildman–Crippen MR) is 142 cm³/mol. The van der Waals surface area contributed by atoms with Crippen molar-refractivity contribution >= 4 is 55.4 Å². The Balaban J connectivity index is 0.00000306. The molecule has 1 aliphatic heterocycles. The first kappa shape index (κ1) is 25.7. The van der Waals surface area contributed by atoms with Crippen LogP contribution in [0.25, 0.3) is 10.1 Å². The molecule has 0 bridgehead atoms. The Bertz CT molecular complexity index is 1140. The topological polar surface area (TPSA) is 65.5 Å². The van der Waals surface area contributed by atoms with Gasteiger partial charge in [-0.3, -0.25) is 4.72 Å². The zero-order chi connectivity index (χ0) is 22.6. The second-order valence-electron chi connectivity index (χ2n) is 8.52. The van der Waals surface area contributed by atoms with E-state index in [2.05, 4.69) is 33.5 Å². The number of halogens is 1. The quantitative estimate of drug-likeness (QED) is 0.392. The van der Waals surface area contributed by atoms with Crippen molar-refractivity contribution in [1.29, 1.82) is 0 Å². The number of anilines is 2. The van der Waals surface area contributed by atoms with Gasteiger partial charge in [-0.25, -0.2) is 13.4 Å². The van der Waals surface area contributed by atoms with Gasteiger partial charge in [-0.2, -0.15) is 0 Å². The van der Waals surface area contributed by atoms with Crippen molar-refractivity contribution < 1.29 is 8.42 Å². The van der Waals surface area contributed by atoms with Crippen LogP contribution < -0.4 is 9.62 Å². The summed E-state index contributed by atoms with van der Waals surface area (Å²) in [6, 6.07) is 11.4. The Hall–Kier alpha value is -1.87. The van der Waals surface area contributed by atoms with Crippen molar-refractivity contribution in [2.75, 3.05) is 42.8 Å². The Morgan fingerprint density at radius 1 is 1.03 bits per heavy atom. The van der Waals surface area contributed by atoms with Crippen LogP contribution in [0.2, 0.25) is 0 Å². The molecule has 180 valence electrons. The second kappa shape index (κ2) is 11.5. The zero-order valence-electron chi connectivity index (χ0n) is 19.3. The van der Waals surface area contributed by atoms with E-state index in [4.69, 9.17) is 0 Å². The Labute approximate surface area is 207 Å². The van der Waals surface area contributed by atoms with Gasteiger partial charge in [-0.15, -0.1) is 23.7 Å². The second-order valence-corrected chi connectivity index (χ2v) is 11.5. The maximum absolute atomic E-state index is 13.1. The third kappa shape index (κ3) is 6.38. The van der Waals surface area contributed by atoms with Crippen molar-refractivity contribution in [3.63, 3.8) is 0 Å². The lowest BCUT2D eigenvalue weighted by molar-refractivity contribution is 0.312. The van der Waals surface area contributed by atoms with Gasteiger partial charge in [0.05, 0.1) is 0 Å². The van der Waals surface area contributed by atoms with Gasteiger partial charge in [0.1, 0.15) is 10.0 Å². The standard InChI is InChI=1S/C24H32N4O2S2.ClH/c1-3-4-5-6-7-19-8-10-20(11-9-19)26-32(29,30)23-18-21-22(31-23)12-13-25-24(21)28-16-14-27(2)15-17-28;/h8-13,18,26H,3-7,14-17H2,1-2H3;1H. The van der Waals surface area contributed by atoms with Crippen LogP contribution in [0.1, 0.15) is 38.2 Å². The molecule has 0 amide bonds. The first-order chi connectivity index (χ1) is 15.5. The predicted octanol–water partition coefficient (Wildman–Crippen LogP) is 5.39. The number of fused-ring (bicyclic) bond motifs is 1. The summed E-state index contributed by atoms with van der Waals surface area (Å²) in [5.74, 6) is 0.876. The highest BCUT2D eigenvalue weighted by Crippen LogP contribution is 2.35. The Morgan fingerprint density at radius 3 is 2.45 bits per heavy atom. The third-order valence-corrected chi connectivity index (χ3v) is 8.95. The molecule has 0 saturated carbocycles. The number of piperazine rings is 1. The van der Waals surface area contributed by atoms with Gasteiger partial charge in [0, 0.05) is 48.1 Å². The van der Waals surface area contributed by atoms with E-state index in [1.807, 2.05) is 30.3 Å². The summed E-state index contributed by atoms with van der Waals surface area (Å²) in [5.41, 5.74) is 1.84. The summed E-state index contributed by atoms with van der Waals surface area (Å²) < 4.78 is 30.2. The van der Waals surface area contributed by atoms with E-state index in [9.17, 15) is 8.42 Å². The normalized spacial score (nSPS) is 14.9. The maximum Gasteiger partial charge on any atom is 0.271 e. The van der Waals surface area contributed by atoms with Crippen LogP contribution in [0.5, 0.6) is 0 Å². The number of likely N-dealkylation sites (N-methyl/N-ethyl adjacent to an activating group) is 1. The fourth-order valence-corrected chi connectivity index (χ4v) is 6.46. The minimum Gasteiger partial charge on any atom is -0.354 e. The lowest BCUT2D eigenvalue weighted by Crippen LogP contribution is -2.44. The molecule has 1 aliphatic rings. The molecule has 1 saturated heterocycles. The number of benzene rings is 1. The van der Waals surface area contributed by atoms with Crippen molar-refractivity contribution in [3.05, 3.63) is 48.2 Å². The molecule has 4 rings (SSSR count). The lowest BCUT2D eigenvalue weighted by atomic mass is 10.1. The molecule has 1 fully saturated rings. The van der Waals surface area contributed by atoms with Gasteiger partial charge in [-0.1, -0.05) is 38.3 Å². The molecule has 9 heteroatoms. The van der Waals surface area contributed by atoms with Crippen molar-refractivity contribution in [3.8, 4) is 0 Å². The average molecular weight is 509 g/mol. The Morgan fingerprint density at radius 2 is 1.76 bits per heavy atom. The molecule has 2 aromatic heterocycles. The molecule has 0 aliphatic carbocycles. The smallest absolute Gasteiger partial charge is 0.271 e. The summed E-state index contributed by atoms with van der Waals surface area (Å²) in [4.78, 5) is 9.12. The number of aryl methyl sites for hydroxylation is 1. The van der Waals surface area contributed by atoms with Gasteiger partial charge in [-0.05, 0) is 49.7 Å². The lowest BCUT2D eigenvalue weighted by Gasteiger charge is -2.33. The van der Waals surface area contributed by atoms with E-state index < -0.39 is 10.0 Å². The van der Waals surface area contributed by atoms with Crippen LogP contribution in [-0.4, -0.2) is 51.5 Å². The van der Waals surface area contributed by atoms with Crippen LogP contribution in [0.15, 0.2) is 46.8 Å². The summed E-state index contributed by atoms with van der Waals surface area (Å²) in [5, 5.41) is 0.907. The van der Waals surface area contributed by atoms with Gasteiger partial charge >= 0.3 is 0 Å². The molecular weight excluding hydrogens is 476 g/mol. The minimum atomic E-state index is -3.65. The number of sulfonamides is 1. The molecule has 0 spiro atoms. The first-order valence-corrected chi connectivity index (χ1v) is 13.7. The summed E-state index contributed by atoms with van der Waals surface area (Å²) >= 11 is 1.29. The van der Waals surface area contributed by atoms with Crippen LogP contribution >= 0.6 is 23.7 Å². The molecular formula is C24H33ClN4O2S2. The van der Waals surface area contributed by atoms with Crippen LogP contribution in [0.4, 0.5) is 11.5 Å². The average Bonchev–Trinajstić information content (AvgIpc) is 3.24. The van der Waals surface area contributed by atoms with E-state index in [1.165, 1.54) is 42.6 Å². The largest absolute Gasteiger partial charge is 0.354 e. The Kier molecular flexibility index (Phi) is 8.98. The van der Waals surface area contributed by atoms with Crippen molar-refractivity contribution in [2.24, 2.45) is 0 Å². The molecule has 3 heterocycles. The molecule has 6 nitrogen and oxygen atoms in total. The number of aromatic nitrogens is 1. The van der Waals surface area contributed by atoms with Crippen LogP contribution in [0, 0.1) is 0 Å². The molecule has 3 aromatic rings. The van der Waals surface area contributed by atoms with Gasteiger partial charge < -0.3 is 9.80 Å². The number of rotatable bonds is 9. The zero-order valence-corrected chi connectivity index (χ0v) is 21.7. The number of nitrogens with zero attached hydrogens (tertiary/aromatic N) is 3. The van der Waals surface area contributed by atoms with E-state index in [0.717, 1.165) is 48.5 Å². The van der Waals surface area contributed by atoms with Gasteiger partial charge in [0.25, 0.3) is 10.0 Å². The highest BCUT2D eigenvalue weighted by Gasteiger charge is 2.22. The number of hydrogen-bond donors (Lipinski definition) is 1. The van der Waals surface area contributed by atoms with Gasteiger partial charge in [0.2, 0.25) is 0 Å². The summed E-state index contributed by atoms with van der Waals surface area (Å²) in [6.07, 6.45) is 7.71. The van der Waals surface area contributed by atoms with Crippen molar-refractivity contribution in [1.82, 2.24) is 9.88 Å². The third-order valence-electron chi connectivity index (χ3n) is 5.99. The van der Waals surface area contributed by atoms with Crippen LogP contribution in [-0.2, 0) is 16.4 Å². The van der Waals surface area contributed by atoms with E-state index in [0.29, 0.717) is 9.90 Å². The molecule has 0 atom stereocenters. The molecule has 33 heavy (non-hydrogen) atoms. The summed E-state index contributed by atoms with van der Waals surface area (Å²) in [7, 11) is -1.54. The fourth-order valence-electron chi connectivity index (χ4n) is 4.03. The fraction of sp³-hybridized carbons (Fsp3) is 0.458. The number of nitrogens with one attached hydrogen (secondary N) is 1. The molecule has 1 N–H and O–H groups in total. The molecule has 1 aromatic carbocycles. The van der Waals surface area contributed by atoms with E-state index in [1.54, 1.807) is 12.3 Å². The SMILES string of the molecule is CCCCCCc1ccc(NS(=O)(=O)c2cc3c(N4CCN(C)CC4)nccc3s2)cc1.Cl. The first-order valence-electron chi connectivity index (χ1n) is 11.4. The van der Waals surface area contributed by atoms with Gasteiger partial charge in [0.15, 0.2) is 0 Å². The van der Waals surface area contributed by atoms with Crippen LogP contribution in [0.3, 0.4) is 0 Å². The monoisotopic (exact) mass is 508 g/mol. The van der Waals surface area contributed by atoms with Crippen molar-refractivity contribution in [2.45, 2.75) is 43.2 Å². The minimum absolute atomic E-state index is 0. The highest BCUT2D eigenvalue weighted by molar-refractivity contribution is 7.94. The maximum atomic E-state index is 13.1. The summed E-state index contributed by atoms with van der Waals surface area (Å²) in [6.45, 7) is 5.95.